The van der Waals surface area contributed by atoms with Crippen molar-refractivity contribution in [3.8, 4) is 11.7 Å². The molecule has 0 aliphatic heterocycles. The predicted octanol–water partition coefficient (Wildman–Crippen LogP) is 2.56. The standard InChI is InChI=1S/C18H16ClF3N6O4S/c1-10-12(9-27(2)24-10)33(30,31)26-16(29)11-3-4-13(23-15(11)19)28-8-5-14(25-28)32-17(6-7-17)18(20,21)22/h3-5,8-9H,6-7H2,1-2H3,(H,26,29). The Morgan fingerprint density at radius 2 is 1.94 bits per heavy atom. The molecule has 0 aromatic carbocycles. The third-order valence-corrected chi connectivity index (χ3v) is 6.61. The molecule has 1 aliphatic rings. The molecule has 1 fully saturated rings. The van der Waals surface area contributed by atoms with E-state index in [1.165, 1.54) is 49.2 Å². The number of ether oxygens (including phenoxy) is 1. The third-order valence-electron chi connectivity index (χ3n) is 4.88. The number of carbonyl (C=O) groups is 1. The number of aromatic nitrogens is 5. The Bertz CT molecular complexity index is 1350. The summed E-state index contributed by atoms with van der Waals surface area (Å²) in [5.41, 5.74) is -2.26. The van der Waals surface area contributed by atoms with E-state index in [9.17, 15) is 26.4 Å². The van der Waals surface area contributed by atoms with Gasteiger partial charge in [-0.15, -0.1) is 5.10 Å². The fourth-order valence-electron chi connectivity index (χ4n) is 3.04. The van der Waals surface area contributed by atoms with E-state index in [-0.39, 0.29) is 45.8 Å². The quantitative estimate of drug-likeness (QED) is 0.512. The van der Waals surface area contributed by atoms with Crippen LogP contribution in [0.1, 0.15) is 28.9 Å². The molecule has 10 nitrogen and oxygen atoms in total. The van der Waals surface area contributed by atoms with E-state index >= 15 is 0 Å². The number of halogens is 4. The molecule has 1 saturated carbocycles. The summed E-state index contributed by atoms with van der Waals surface area (Å²) in [6, 6.07) is 3.76. The molecular weight excluding hydrogens is 489 g/mol. The molecule has 33 heavy (non-hydrogen) atoms. The van der Waals surface area contributed by atoms with Crippen molar-refractivity contribution in [2.24, 2.45) is 7.05 Å². The fourth-order valence-corrected chi connectivity index (χ4v) is 4.46. The lowest BCUT2D eigenvalue weighted by molar-refractivity contribution is -0.209. The smallest absolute Gasteiger partial charge is 0.428 e. The van der Waals surface area contributed by atoms with Gasteiger partial charge < -0.3 is 4.74 Å². The number of nitrogens with one attached hydrogen (secondary N) is 1. The third kappa shape index (κ3) is 4.39. The zero-order valence-electron chi connectivity index (χ0n) is 17.1. The first-order valence-electron chi connectivity index (χ1n) is 9.37. The Morgan fingerprint density at radius 3 is 2.48 bits per heavy atom. The van der Waals surface area contributed by atoms with Gasteiger partial charge in [0.25, 0.3) is 15.9 Å². The minimum atomic E-state index is -4.51. The van der Waals surface area contributed by atoms with E-state index in [4.69, 9.17) is 16.3 Å². The number of sulfonamides is 1. The first-order valence-corrected chi connectivity index (χ1v) is 11.2. The number of hydrogen-bond acceptors (Lipinski definition) is 7. The van der Waals surface area contributed by atoms with Crippen LogP contribution in [0.2, 0.25) is 5.15 Å². The number of nitrogens with zero attached hydrogens (tertiary/aromatic N) is 5. The Labute approximate surface area is 190 Å². The Hall–Kier alpha value is -3.13. The average molecular weight is 505 g/mol. The van der Waals surface area contributed by atoms with Crippen LogP contribution in [0.4, 0.5) is 13.2 Å². The van der Waals surface area contributed by atoms with Gasteiger partial charge in [-0.1, -0.05) is 11.6 Å². The van der Waals surface area contributed by atoms with Crippen LogP contribution >= 0.6 is 11.6 Å². The number of carbonyl (C=O) groups excluding carboxylic acids is 1. The Kier molecular flexibility index (Phi) is 5.40. The lowest BCUT2D eigenvalue weighted by Gasteiger charge is -2.19. The highest BCUT2D eigenvalue weighted by Gasteiger charge is 2.66. The van der Waals surface area contributed by atoms with Crippen molar-refractivity contribution in [1.82, 2.24) is 29.3 Å². The van der Waals surface area contributed by atoms with Gasteiger partial charge in [0, 0.05) is 38.3 Å². The SMILES string of the molecule is Cc1nn(C)cc1S(=O)(=O)NC(=O)c1ccc(-n2ccc(OC3(C(F)(F)F)CC3)n2)nc1Cl. The second kappa shape index (κ2) is 7.73. The minimum Gasteiger partial charge on any atom is -0.460 e. The molecule has 0 unspecified atom stereocenters. The summed E-state index contributed by atoms with van der Waals surface area (Å²) in [7, 11) is -2.68. The maximum atomic E-state index is 13.1. The van der Waals surface area contributed by atoms with Gasteiger partial charge >= 0.3 is 6.18 Å². The highest BCUT2D eigenvalue weighted by Crippen LogP contribution is 2.51. The van der Waals surface area contributed by atoms with Crippen LogP contribution in [0.15, 0.2) is 35.5 Å². The molecule has 0 saturated heterocycles. The highest BCUT2D eigenvalue weighted by atomic mass is 35.5. The van der Waals surface area contributed by atoms with Crippen LogP contribution in [-0.2, 0) is 17.1 Å². The van der Waals surface area contributed by atoms with Crippen LogP contribution in [0.5, 0.6) is 5.88 Å². The van der Waals surface area contributed by atoms with Crippen molar-refractivity contribution in [2.75, 3.05) is 0 Å². The molecule has 1 N–H and O–H groups in total. The molecule has 3 aromatic rings. The van der Waals surface area contributed by atoms with E-state index < -0.39 is 27.7 Å². The van der Waals surface area contributed by atoms with Gasteiger partial charge in [-0.2, -0.15) is 18.3 Å². The van der Waals surface area contributed by atoms with E-state index in [2.05, 4.69) is 15.2 Å². The van der Waals surface area contributed by atoms with Gasteiger partial charge in [-0.25, -0.2) is 22.8 Å². The number of hydrogen-bond donors (Lipinski definition) is 1. The fraction of sp³-hybridized carbons (Fsp3) is 0.333. The topological polar surface area (TPSA) is 121 Å². The summed E-state index contributed by atoms with van der Waals surface area (Å²) < 4.78 is 73.5. The molecule has 15 heteroatoms. The van der Waals surface area contributed by atoms with Gasteiger partial charge in [0.1, 0.15) is 10.0 Å². The molecule has 176 valence electrons. The largest absolute Gasteiger partial charge is 0.460 e. The second-order valence-electron chi connectivity index (χ2n) is 7.39. The lowest BCUT2D eigenvalue weighted by atomic mass is 10.3. The van der Waals surface area contributed by atoms with E-state index in [0.717, 1.165) is 4.68 Å². The van der Waals surface area contributed by atoms with E-state index in [0.29, 0.717) is 0 Å². The molecule has 0 spiro atoms. The van der Waals surface area contributed by atoms with Crippen LogP contribution < -0.4 is 9.46 Å². The molecule has 0 radical (unpaired) electrons. The van der Waals surface area contributed by atoms with Gasteiger partial charge in [0.05, 0.1) is 11.3 Å². The molecule has 3 aromatic heterocycles. The Morgan fingerprint density at radius 1 is 1.24 bits per heavy atom. The zero-order valence-corrected chi connectivity index (χ0v) is 18.7. The van der Waals surface area contributed by atoms with Crippen molar-refractivity contribution in [1.29, 1.82) is 0 Å². The van der Waals surface area contributed by atoms with Crippen LogP contribution in [0.25, 0.3) is 5.82 Å². The molecular formula is C18H16ClF3N6O4S. The maximum Gasteiger partial charge on any atom is 0.428 e. The Balaban J connectivity index is 1.51. The minimum absolute atomic E-state index is 0.0780. The van der Waals surface area contributed by atoms with Gasteiger partial charge in [0.2, 0.25) is 11.5 Å². The number of aryl methyl sites for hydroxylation is 2. The molecule has 0 atom stereocenters. The van der Waals surface area contributed by atoms with Crippen molar-refractivity contribution in [2.45, 2.75) is 36.4 Å². The number of alkyl halides is 3. The monoisotopic (exact) mass is 504 g/mol. The summed E-state index contributed by atoms with van der Waals surface area (Å²) >= 11 is 6.06. The molecule has 1 aliphatic carbocycles. The average Bonchev–Trinajstić information content (AvgIpc) is 3.20. The summed E-state index contributed by atoms with van der Waals surface area (Å²) in [6.45, 7) is 1.48. The van der Waals surface area contributed by atoms with Crippen molar-refractivity contribution < 1.29 is 31.1 Å². The van der Waals surface area contributed by atoms with Crippen molar-refractivity contribution in [3.63, 3.8) is 0 Å². The summed E-state index contributed by atoms with van der Waals surface area (Å²) in [4.78, 5) is 16.3. The van der Waals surface area contributed by atoms with Gasteiger partial charge in [-0.3, -0.25) is 9.48 Å². The van der Waals surface area contributed by atoms with Crippen LogP contribution in [0, 0.1) is 6.92 Å². The lowest BCUT2D eigenvalue weighted by Crippen LogP contribution is -2.36. The predicted molar refractivity (Wildman–Crippen MR) is 108 cm³/mol. The molecule has 4 rings (SSSR count). The summed E-state index contributed by atoms with van der Waals surface area (Å²) in [5.74, 6) is -1.19. The first kappa shape index (κ1) is 23.0. The van der Waals surface area contributed by atoms with Crippen LogP contribution in [0.3, 0.4) is 0 Å². The van der Waals surface area contributed by atoms with E-state index in [1.807, 2.05) is 4.72 Å². The number of pyridine rings is 1. The number of amides is 1. The molecule has 1 amide bonds. The van der Waals surface area contributed by atoms with E-state index in [1.54, 1.807) is 0 Å². The highest BCUT2D eigenvalue weighted by molar-refractivity contribution is 7.90. The maximum absolute atomic E-state index is 13.1. The van der Waals surface area contributed by atoms with Crippen LogP contribution in [-0.4, -0.2) is 50.6 Å². The second-order valence-corrected chi connectivity index (χ2v) is 9.40. The normalized spacial score (nSPS) is 15.3. The van der Waals surface area contributed by atoms with Gasteiger partial charge in [0.15, 0.2) is 5.82 Å². The summed E-state index contributed by atoms with van der Waals surface area (Å²) in [6.07, 6.45) is -2.26. The zero-order chi connectivity index (χ0) is 24.2. The molecule has 3 heterocycles. The first-order chi connectivity index (χ1) is 15.3. The van der Waals surface area contributed by atoms with Crippen molar-refractivity contribution in [3.05, 3.63) is 47.0 Å². The molecule has 0 bridgehead atoms. The number of rotatable bonds is 6. The van der Waals surface area contributed by atoms with Gasteiger partial charge in [-0.05, 0) is 19.1 Å². The summed E-state index contributed by atoms with van der Waals surface area (Å²) in [5, 5.41) is 7.50. The van der Waals surface area contributed by atoms with Crippen molar-refractivity contribution >= 4 is 27.5 Å².